The van der Waals surface area contributed by atoms with Crippen molar-refractivity contribution in [3.8, 4) is 0 Å². The lowest BCUT2D eigenvalue weighted by Gasteiger charge is -2.44. The third-order valence-electron chi connectivity index (χ3n) is 4.20. The minimum Gasteiger partial charge on any atom is -0.477 e. The van der Waals surface area contributed by atoms with Gasteiger partial charge in [-0.15, -0.1) is 0 Å². The van der Waals surface area contributed by atoms with Gasteiger partial charge in [-0.1, -0.05) is 0 Å². The van der Waals surface area contributed by atoms with Gasteiger partial charge in [0.15, 0.2) is 0 Å². The highest BCUT2D eigenvalue weighted by Crippen LogP contribution is 2.43. The number of aliphatic hydroxyl groups is 1. The molecular formula is C13H20N4O6S. The molecule has 1 saturated heterocycles. The second-order valence-corrected chi connectivity index (χ2v) is 7.37. The number of β-lactam (4-membered cyclic amide) rings is 1. The Morgan fingerprint density at radius 2 is 2.12 bits per heavy atom. The number of carboxylic acids is 1. The number of fused-ring (bicyclic) bond motifs is 1. The first-order chi connectivity index (χ1) is 11.2. The van der Waals surface area contributed by atoms with Crippen molar-refractivity contribution in [1.82, 2.24) is 10.3 Å². The van der Waals surface area contributed by atoms with Crippen LogP contribution in [0.15, 0.2) is 11.3 Å². The lowest BCUT2D eigenvalue weighted by atomic mass is 9.83. The van der Waals surface area contributed by atoms with E-state index in [0.717, 1.165) is 4.90 Å². The van der Waals surface area contributed by atoms with Crippen LogP contribution in [0, 0.1) is 5.92 Å². The molecule has 134 valence electrons. The summed E-state index contributed by atoms with van der Waals surface area (Å²) in [5, 5.41) is 19.0. The maximum absolute atomic E-state index is 12.2. The number of hydrazine groups is 1. The molecule has 0 aromatic carbocycles. The number of carbonyl (C=O) groups is 3. The number of nitrogens with zero attached hydrogens (tertiary/aromatic N) is 1. The van der Waals surface area contributed by atoms with Crippen molar-refractivity contribution < 1.29 is 28.8 Å². The van der Waals surface area contributed by atoms with Crippen molar-refractivity contribution in [2.75, 3.05) is 11.5 Å². The number of amides is 2. The van der Waals surface area contributed by atoms with Gasteiger partial charge in [0, 0.05) is 22.3 Å². The quantitative estimate of drug-likeness (QED) is 0.138. The molecule has 2 rings (SSSR count). The lowest BCUT2D eigenvalue weighted by molar-refractivity contribution is -0.161. The van der Waals surface area contributed by atoms with Crippen LogP contribution in [-0.4, -0.2) is 66.8 Å². The molecule has 7 N–H and O–H groups in total. The fraction of sp³-hybridized carbons (Fsp3) is 0.615. The minimum absolute atomic E-state index is 0.111. The molecule has 1 fully saturated rings. The predicted molar refractivity (Wildman–Crippen MR) is 83.3 cm³/mol. The average molecular weight is 360 g/mol. The van der Waals surface area contributed by atoms with Gasteiger partial charge < -0.3 is 20.8 Å². The molecule has 0 saturated carbocycles. The van der Waals surface area contributed by atoms with Crippen LogP contribution >= 0.6 is 0 Å². The van der Waals surface area contributed by atoms with Crippen LogP contribution in [0.5, 0.6) is 0 Å². The van der Waals surface area contributed by atoms with Gasteiger partial charge in [-0.2, -0.15) is 0 Å². The second kappa shape index (κ2) is 6.97. The molecule has 11 heteroatoms. The van der Waals surface area contributed by atoms with E-state index in [2.05, 4.69) is 0 Å². The summed E-state index contributed by atoms with van der Waals surface area (Å²) in [7, 11) is -1.60. The first kappa shape index (κ1) is 18.5. The summed E-state index contributed by atoms with van der Waals surface area (Å²) in [6.07, 6.45) is -0.659. The number of nitrogens with two attached hydrogens (primary N) is 2. The highest BCUT2D eigenvalue weighted by molar-refractivity contribution is 7.85. The van der Waals surface area contributed by atoms with Crippen molar-refractivity contribution in [2.24, 2.45) is 17.5 Å². The summed E-state index contributed by atoms with van der Waals surface area (Å²) in [6.45, 7) is 1.47. The Kier molecular flexibility index (Phi) is 5.38. The molecule has 2 amide bonds. The highest BCUT2D eigenvalue weighted by atomic mass is 32.2. The molecule has 10 nitrogen and oxygen atoms in total. The van der Waals surface area contributed by atoms with Gasteiger partial charge in [-0.25, -0.2) is 10.6 Å². The summed E-state index contributed by atoms with van der Waals surface area (Å²) >= 11 is 0. The normalized spacial score (nSPS) is 26.5. The van der Waals surface area contributed by atoms with Gasteiger partial charge in [0.2, 0.25) is 5.91 Å². The van der Waals surface area contributed by atoms with Gasteiger partial charge in [0.25, 0.3) is 5.91 Å². The average Bonchev–Trinajstić information content (AvgIpc) is 2.79. The zero-order chi connectivity index (χ0) is 18.2. The predicted octanol–water partition coefficient (Wildman–Crippen LogP) is -3.00. The first-order valence-electron chi connectivity index (χ1n) is 7.26. The lowest BCUT2D eigenvalue weighted by Crippen LogP contribution is -2.61. The van der Waals surface area contributed by atoms with E-state index < -0.39 is 52.7 Å². The third-order valence-corrected chi connectivity index (χ3v) is 5.60. The number of hydrogen-bond donors (Lipinski definition) is 5. The standard InChI is InChI=1S/C13H20N4O6S/c1-5(18)9-8-2-6(10(13(21)22)17(8)12(9)20)3-24(23)4-7(14)11(19)16-15/h5,7-9,18H,2-4,14-15H2,1H3,(H,16,19)(H,21,22). The summed E-state index contributed by atoms with van der Waals surface area (Å²) in [6, 6.07) is -1.51. The molecule has 2 aliphatic heterocycles. The molecule has 2 aliphatic rings. The van der Waals surface area contributed by atoms with Crippen LogP contribution in [-0.2, 0) is 25.2 Å². The largest absolute Gasteiger partial charge is 0.477 e. The number of carboxylic acid groups (broad SMARTS) is 1. The second-order valence-electron chi connectivity index (χ2n) is 5.87. The first-order valence-corrected chi connectivity index (χ1v) is 8.75. The van der Waals surface area contributed by atoms with E-state index >= 15 is 0 Å². The monoisotopic (exact) mass is 360 g/mol. The molecule has 0 aliphatic carbocycles. The zero-order valence-corrected chi connectivity index (χ0v) is 13.8. The Bertz CT molecular complexity index is 634. The minimum atomic E-state index is -1.60. The van der Waals surface area contributed by atoms with Gasteiger partial charge in [-0.3, -0.25) is 19.2 Å². The highest BCUT2D eigenvalue weighted by Gasteiger charge is 2.56. The number of hydrogen-bond acceptors (Lipinski definition) is 7. The summed E-state index contributed by atoms with van der Waals surface area (Å²) < 4.78 is 12.2. The number of nitrogens with one attached hydrogen (secondary N) is 1. The van der Waals surface area contributed by atoms with E-state index in [0.29, 0.717) is 5.57 Å². The molecule has 2 heterocycles. The molecule has 0 aromatic heterocycles. The smallest absolute Gasteiger partial charge is 0.352 e. The molecule has 5 atom stereocenters. The van der Waals surface area contributed by atoms with E-state index in [1.54, 1.807) is 0 Å². The number of rotatable bonds is 7. The van der Waals surface area contributed by atoms with Crippen LogP contribution in [0.4, 0.5) is 0 Å². The fourth-order valence-corrected chi connectivity index (χ4v) is 4.44. The van der Waals surface area contributed by atoms with Crippen LogP contribution in [0.2, 0.25) is 0 Å². The number of carbonyl (C=O) groups excluding carboxylic acids is 2. The zero-order valence-electron chi connectivity index (χ0n) is 13.0. The Balaban J connectivity index is 2.12. The summed E-state index contributed by atoms with van der Waals surface area (Å²) in [5.41, 5.74) is 7.55. The fourth-order valence-electron chi connectivity index (χ4n) is 3.13. The van der Waals surface area contributed by atoms with Crippen LogP contribution in [0.3, 0.4) is 0 Å². The van der Waals surface area contributed by atoms with E-state index in [1.165, 1.54) is 6.92 Å². The maximum atomic E-state index is 12.2. The molecule has 24 heavy (non-hydrogen) atoms. The van der Waals surface area contributed by atoms with Gasteiger partial charge in [0.05, 0.1) is 24.1 Å². The summed E-state index contributed by atoms with van der Waals surface area (Å²) in [5.74, 6) is 1.58. The van der Waals surface area contributed by atoms with Gasteiger partial charge in [0.1, 0.15) is 5.70 Å². The Hall–Kier alpha value is -1.82. The SMILES string of the molecule is CC(O)C1C(=O)N2C(C(=O)O)=C(CS(=O)CC(N)C(=O)NN)CC12. The molecule has 0 spiro atoms. The van der Waals surface area contributed by atoms with Crippen LogP contribution < -0.4 is 17.0 Å². The maximum Gasteiger partial charge on any atom is 0.352 e. The van der Waals surface area contributed by atoms with Crippen molar-refractivity contribution >= 4 is 28.6 Å². The number of aliphatic carboxylic acids is 1. The van der Waals surface area contributed by atoms with Crippen LogP contribution in [0.25, 0.3) is 0 Å². The summed E-state index contributed by atoms with van der Waals surface area (Å²) in [4.78, 5) is 35.9. The molecule has 0 aromatic rings. The van der Waals surface area contributed by atoms with Crippen molar-refractivity contribution in [2.45, 2.75) is 31.5 Å². The van der Waals surface area contributed by atoms with Gasteiger partial charge >= 0.3 is 5.97 Å². The van der Waals surface area contributed by atoms with Gasteiger partial charge in [-0.05, 0) is 18.9 Å². The Labute approximate surface area is 140 Å². The molecule has 0 bridgehead atoms. The molecule has 5 unspecified atom stereocenters. The molecular weight excluding hydrogens is 340 g/mol. The third kappa shape index (κ3) is 3.20. The Morgan fingerprint density at radius 1 is 1.50 bits per heavy atom. The van der Waals surface area contributed by atoms with E-state index in [4.69, 9.17) is 11.6 Å². The van der Waals surface area contributed by atoms with Crippen LogP contribution in [0.1, 0.15) is 13.3 Å². The molecule has 0 radical (unpaired) electrons. The topological polar surface area (TPSA) is 176 Å². The van der Waals surface area contributed by atoms with Crippen molar-refractivity contribution in [3.05, 3.63) is 11.3 Å². The van der Waals surface area contributed by atoms with E-state index in [9.17, 15) is 28.8 Å². The van der Waals surface area contributed by atoms with Crippen molar-refractivity contribution in [3.63, 3.8) is 0 Å². The number of aliphatic hydroxyl groups excluding tert-OH is 1. The van der Waals surface area contributed by atoms with E-state index in [1.807, 2.05) is 5.43 Å². The van der Waals surface area contributed by atoms with E-state index in [-0.39, 0.29) is 23.6 Å². The van der Waals surface area contributed by atoms with Crippen molar-refractivity contribution in [1.29, 1.82) is 0 Å². The Morgan fingerprint density at radius 3 is 2.62 bits per heavy atom.